The van der Waals surface area contributed by atoms with E-state index < -0.39 is 5.97 Å². The monoisotopic (exact) mass is 433 g/mol. The van der Waals surface area contributed by atoms with E-state index >= 15 is 0 Å². The quantitative estimate of drug-likeness (QED) is 0.498. The van der Waals surface area contributed by atoms with Gasteiger partial charge < -0.3 is 10.1 Å². The van der Waals surface area contributed by atoms with Gasteiger partial charge in [0.05, 0.1) is 23.0 Å². The fraction of sp³-hybridized carbons (Fsp3) is 0.273. The first kappa shape index (κ1) is 21.4. The molecule has 0 atom stereocenters. The number of halogens is 2. The highest BCUT2D eigenvalue weighted by Crippen LogP contribution is 2.33. The van der Waals surface area contributed by atoms with E-state index in [9.17, 15) is 4.79 Å². The van der Waals surface area contributed by atoms with Crippen LogP contribution in [-0.4, -0.2) is 28.4 Å². The molecule has 1 aromatic heterocycles. The molecule has 0 unspecified atom stereocenters. The molecular formula is C22H23Cl2N3O2. The third-order valence-corrected chi connectivity index (χ3v) is 4.91. The Morgan fingerprint density at radius 3 is 2.48 bits per heavy atom. The zero-order valence-electron chi connectivity index (χ0n) is 16.6. The molecule has 0 amide bonds. The van der Waals surface area contributed by atoms with Crippen LogP contribution >= 0.6 is 23.2 Å². The largest absolute Gasteiger partial charge is 0.461 e. The maximum Gasteiger partial charge on any atom is 0.359 e. The van der Waals surface area contributed by atoms with Crippen LogP contribution in [0.15, 0.2) is 48.5 Å². The number of nitrogens with one attached hydrogen (secondary N) is 1. The lowest BCUT2D eigenvalue weighted by Gasteiger charge is -2.13. The number of para-hydroxylation sites is 1. The number of carbonyl (C=O) groups excluding carboxylic acids is 1. The first-order valence-electron chi connectivity index (χ1n) is 9.45. The summed E-state index contributed by atoms with van der Waals surface area (Å²) in [6.07, 6.45) is 0. The molecule has 1 heterocycles. The summed E-state index contributed by atoms with van der Waals surface area (Å²) >= 11 is 12.6. The van der Waals surface area contributed by atoms with Crippen LogP contribution in [0.1, 0.15) is 36.8 Å². The molecule has 5 nitrogen and oxygen atoms in total. The third-order valence-electron chi connectivity index (χ3n) is 4.34. The Labute approximate surface area is 180 Å². The summed E-state index contributed by atoms with van der Waals surface area (Å²) in [6.45, 7) is 6.59. The van der Waals surface area contributed by atoms with E-state index in [1.54, 1.807) is 17.7 Å². The number of rotatable bonds is 7. The zero-order valence-corrected chi connectivity index (χ0v) is 18.1. The minimum atomic E-state index is -0.464. The molecular weight excluding hydrogens is 411 g/mol. The fourth-order valence-electron chi connectivity index (χ4n) is 2.99. The first-order valence-corrected chi connectivity index (χ1v) is 10.2. The maximum absolute atomic E-state index is 12.7. The number of hydrogen-bond acceptors (Lipinski definition) is 4. The molecule has 0 fully saturated rings. The van der Waals surface area contributed by atoms with Crippen molar-refractivity contribution in [3.05, 3.63) is 69.8 Å². The van der Waals surface area contributed by atoms with Gasteiger partial charge in [0.1, 0.15) is 0 Å². The second-order valence-corrected chi connectivity index (χ2v) is 7.65. The van der Waals surface area contributed by atoms with E-state index in [1.807, 2.05) is 56.3 Å². The van der Waals surface area contributed by atoms with Gasteiger partial charge in [-0.15, -0.1) is 0 Å². The van der Waals surface area contributed by atoms with Crippen LogP contribution in [0.4, 0.5) is 0 Å². The van der Waals surface area contributed by atoms with Gasteiger partial charge >= 0.3 is 5.97 Å². The molecule has 7 heteroatoms. The molecule has 152 valence electrons. The Bertz CT molecular complexity index is 998. The molecule has 0 aliphatic rings. The van der Waals surface area contributed by atoms with Crippen molar-refractivity contribution in [2.45, 2.75) is 33.4 Å². The van der Waals surface area contributed by atoms with Gasteiger partial charge in [0.2, 0.25) is 0 Å². The van der Waals surface area contributed by atoms with E-state index in [4.69, 9.17) is 27.9 Å². The Hall–Kier alpha value is -2.34. The van der Waals surface area contributed by atoms with Gasteiger partial charge in [0.25, 0.3) is 0 Å². The highest BCUT2D eigenvalue weighted by molar-refractivity contribution is 6.32. The van der Waals surface area contributed by atoms with E-state index in [0.29, 0.717) is 22.3 Å². The fourth-order valence-corrected chi connectivity index (χ4v) is 3.33. The molecule has 1 N–H and O–H groups in total. The summed E-state index contributed by atoms with van der Waals surface area (Å²) in [5.41, 5.74) is 3.34. The van der Waals surface area contributed by atoms with Crippen molar-refractivity contribution in [1.82, 2.24) is 15.1 Å². The predicted octanol–water partition coefficient (Wildman–Crippen LogP) is 5.52. The molecule has 0 radical (unpaired) electrons. The van der Waals surface area contributed by atoms with Gasteiger partial charge in [-0.05, 0) is 31.2 Å². The maximum atomic E-state index is 12.7. The van der Waals surface area contributed by atoms with Gasteiger partial charge in [-0.2, -0.15) is 5.10 Å². The Morgan fingerprint density at radius 1 is 1.17 bits per heavy atom. The third kappa shape index (κ3) is 4.81. The van der Waals surface area contributed by atoms with Crippen molar-refractivity contribution in [2.24, 2.45) is 0 Å². The van der Waals surface area contributed by atoms with E-state index in [2.05, 4.69) is 10.4 Å². The number of benzene rings is 2. The van der Waals surface area contributed by atoms with Crippen LogP contribution in [0.3, 0.4) is 0 Å². The lowest BCUT2D eigenvalue weighted by atomic mass is 10.1. The summed E-state index contributed by atoms with van der Waals surface area (Å²) in [4.78, 5) is 12.7. The molecule has 29 heavy (non-hydrogen) atoms. The minimum Gasteiger partial charge on any atom is -0.461 e. The Balaban J connectivity index is 2.28. The second kappa shape index (κ2) is 9.44. The van der Waals surface area contributed by atoms with Crippen LogP contribution in [0.25, 0.3) is 16.9 Å². The van der Waals surface area contributed by atoms with E-state index in [0.717, 1.165) is 16.8 Å². The molecule has 0 saturated carbocycles. The number of esters is 1. The smallest absolute Gasteiger partial charge is 0.359 e. The summed E-state index contributed by atoms with van der Waals surface area (Å²) in [7, 11) is 0. The zero-order chi connectivity index (χ0) is 21.0. The van der Waals surface area contributed by atoms with Crippen molar-refractivity contribution in [2.75, 3.05) is 6.61 Å². The normalized spacial score (nSPS) is 11.1. The van der Waals surface area contributed by atoms with E-state index in [1.165, 1.54) is 0 Å². The average Bonchev–Trinajstić information content (AvgIpc) is 3.07. The van der Waals surface area contributed by atoms with Crippen molar-refractivity contribution in [3.63, 3.8) is 0 Å². The molecule has 0 aliphatic carbocycles. The van der Waals surface area contributed by atoms with Gasteiger partial charge in [0.15, 0.2) is 5.69 Å². The van der Waals surface area contributed by atoms with Gasteiger partial charge in [-0.3, -0.25) is 0 Å². The Kier molecular flexibility index (Phi) is 6.96. The molecule has 0 aliphatic heterocycles. The number of ether oxygens (including phenoxy) is 1. The standard InChI is InChI=1S/C22H23Cl2N3O2/c1-4-29-22(28)20-17(13-25-14(2)3)21(15-9-11-16(23)12-10-15)27(26-20)19-8-6-5-7-18(19)24/h5-12,14,25H,4,13H2,1-3H3/i20+2. The van der Waals surface area contributed by atoms with Crippen LogP contribution in [-0.2, 0) is 11.3 Å². The topological polar surface area (TPSA) is 56.1 Å². The molecule has 0 saturated heterocycles. The minimum absolute atomic E-state index is 0.228. The highest BCUT2D eigenvalue weighted by atomic mass is 35.5. The van der Waals surface area contributed by atoms with Crippen molar-refractivity contribution < 1.29 is 9.53 Å². The Morgan fingerprint density at radius 2 is 1.86 bits per heavy atom. The van der Waals surface area contributed by atoms with Crippen molar-refractivity contribution >= 4 is 29.2 Å². The number of hydrogen-bond donors (Lipinski definition) is 1. The number of nitrogens with zero attached hydrogens (tertiary/aromatic N) is 2. The summed E-state index contributed by atoms with van der Waals surface area (Å²) in [5, 5.41) is 9.16. The van der Waals surface area contributed by atoms with Crippen LogP contribution in [0.5, 0.6) is 0 Å². The van der Waals surface area contributed by atoms with Crippen molar-refractivity contribution in [1.29, 1.82) is 0 Å². The van der Waals surface area contributed by atoms with Gasteiger partial charge in [-0.1, -0.05) is 61.3 Å². The highest BCUT2D eigenvalue weighted by Gasteiger charge is 2.26. The van der Waals surface area contributed by atoms with Gasteiger partial charge in [0, 0.05) is 28.7 Å². The predicted molar refractivity (Wildman–Crippen MR) is 117 cm³/mol. The average molecular weight is 434 g/mol. The number of carbonyl (C=O) groups is 1. The van der Waals surface area contributed by atoms with Crippen LogP contribution in [0, 0.1) is 0 Å². The lowest BCUT2D eigenvalue weighted by molar-refractivity contribution is 0.0517. The molecule has 0 bridgehead atoms. The van der Waals surface area contributed by atoms with Crippen LogP contribution < -0.4 is 5.32 Å². The lowest BCUT2D eigenvalue weighted by Crippen LogP contribution is -2.23. The molecule has 0 spiro atoms. The SMILES string of the molecule is CCOC(=O)[14c]1nn(-c2ccccc2Cl)c(-c2ccc(Cl)cc2)c1CNC(C)C. The summed E-state index contributed by atoms with van der Waals surface area (Å²) in [5.74, 6) is -0.464. The van der Waals surface area contributed by atoms with Gasteiger partial charge in [-0.25, -0.2) is 9.48 Å². The molecule has 3 rings (SSSR count). The number of aromatic nitrogens is 2. The van der Waals surface area contributed by atoms with Crippen molar-refractivity contribution in [3.8, 4) is 16.9 Å². The van der Waals surface area contributed by atoms with Crippen LogP contribution in [0.2, 0.25) is 10.0 Å². The second-order valence-electron chi connectivity index (χ2n) is 6.80. The summed E-state index contributed by atoms with van der Waals surface area (Å²) in [6, 6.07) is 15.0. The summed E-state index contributed by atoms with van der Waals surface area (Å²) < 4.78 is 6.97. The first-order chi connectivity index (χ1) is 13.9. The molecule has 2 aromatic carbocycles. The molecule has 3 aromatic rings. The van der Waals surface area contributed by atoms with E-state index in [-0.39, 0.29) is 18.3 Å².